The molecule has 0 aromatic heterocycles. The van der Waals surface area contributed by atoms with E-state index >= 15 is 0 Å². The van der Waals surface area contributed by atoms with Crippen molar-refractivity contribution in [2.75, 3.05) is 25.2 Å². The molecule has 0 fully saturated rings. The topological polar surface area (TPSA) is 81.4 Å². The first-order chi connectivity index (χ1) is 8.93. The third-order valence-electron chi connectivity index (χ3n) is 2.29. The van der Waals surface area contributed by atoms with Crippen molar-refractivity contribution in [2.24, 2.45) is 0 Å². The molecule has 0 bridgehead atoms. The Balaban J connectivity index is 2.62. The van der Waals surface area contributed by atoms with Crippen molar-refractivity contribution in [1.29, 1.82) is 0 Å². The number of carbonyl (C=O) groups is 1. The second-order valence-corrected chi connectivity index (χ2v) is 6.38. The van der Waals surface area contributed by atoms with Gasteiger partial charge in [0.25, 0.3) is 0 Å². The molecule has 0 radical (unpaired) electrons. The van der Waals surface area contributed by atoms with Crippen LogP contribution < -0.4 is 11.1 Å². The van der Waals surface area contributed by atoms with E-state index in [1.807, 2.05) is 6.92 Å². The Labute approximate surface area is 123 Å². The average molecular weight is 349 g/mol. The number of methoxy groups -OCH3 is 1. The first kappa shape index (κ1) is 16.1. The van der Waals surface area contributed by atoms with Gasteiger partial charge in [-0.15, -0.1) is 0 Å². The number of halogens is 1. The summed E-state index contributed by atoms with van der Waals surface area (Å²) in [5.41, 5.74) is 6.18. The van der Waals surface area contributed by atoms with Crippen LogP contribution in [0.4, 0.5) is 5.69 Å². The van der Waals surface area contributed by atoms with Crippen LogP contribution in [0.5, 0.6) is 0 Å². The van der Waals surface area contributed by atoms with Crippen LogP contribution in [0.1, 0.15) is 6.92 Å². The van der Waals surface area contributed by atoms with Gasteiger partial charge in [-0.05, 0) is 41.1 Å². The minimum absolute atomic E-state index is 0.0867. The van der Waals surface area contributed by atoms with Crippen LogP contribution in [0.15, 0.2) is 27.6 Å². The molecule has 5 nitrogen and oxygen atoms in total. The summed E-state index contributed by atoms with van der Waals surface area (Å²) in [5, 5.41) is 2.72. The minimum Gasteiger partial charge on any atom is -0.399 e. The lowest BCUT2D eigenvalue weighted by atomic mass is 10.3. The number of carbonyl (C=O) groups excluding carboxylic acids is 1. The van der Waals surface area contributed by atoms with E-state index in [0.29, 0.717) is 21.7 Å². The second kappa shape index (κ2) is 7.62. The number of ether oxygens (including phenoxy) is 1. The first-order valence-electron chi connectivity index (χ1n) is 5.65. The Morgan fingerprint density at radius 2 is 2.26 bits per heavy atom. The molecule has 0 spiro atoms. The summed E-state index contributed by atoms with van der Waals surface area (Å²) in [4.78, 5) is 12.2. The second-order valence-electron chi connectivity index (χ2n) is 4.10. The summed E-state index contributed by atoms with van der Waals surface area (Å²) in [6.45, 7) is 2.24. The highest BCUT2D eigenvalue weighted by molar-refractivity contribution is 9.10. The Hall–Kier alpha value is -0.920. The van der Waals surface area contributed by atoms with Crippen molar-refractivity contribution < 1.29 is 13.7 Å². The molecule has 1 aromatic rings. The van der Waals surface area contributed by atoms with E-state index in [4.69, 9.17) is 10.5 Å². The van der Waals surface area contributed by atoms with Crippen LogP contribution >= 0.6 is 15.9 Å². The van der Waals surface area contributed by atoms with Gasteiger partial charge in [0.2, 0.25) is 5.91 Å². The molecule has 19 heavy (non-hydrogen) atoms. The zero-order valence-corrected chi connectivity index (χ0v) is 13.2. The number of hydrogen-bond donors (Lipinski definition) is 2. The lowest BCUT2D eigenvalue weighted by Gasteiger charge is -2.12. The Bertz CT molecular complexity index is 482. The van der Waals surface area contributed by atoms with Gasteiger partial charge in [0, 0.05) is 23.3 Å². The van der Waals surface area contributed by atoms with E-state index in [2.05, 4.69) is 21.2 Å². The lowest BCUT2D eigenvalue weighted by molar-refractivity contribution is -0.119. The molecular formula is C12H17BrN2O3S. The summed E-state index contributed by atoms with van der Waals surface area (Å²) in [5.74, 6) is -0.358. The summed E-state index contributed by atoms with van der Waals surface area (Å²) in [7, 11) is 0.153. The number of nitrogens with one attached hydrogen (secondary N) is 1. The fourth-order valence-electron chi connectivity index (χ4n) is 1.51. The fourth-order valence-corrected chi connectivity index (χ4v) is 3.42. The minimum atomic E-state index is -1.41. The van der Waals surface area contributed by atoms with Crippen LogP contribution in [0, 0.1) is 0 Å². The Kier molecular flexibility index (Phi) is 6.47. The Morgan fingerprint density at radius 1 is 1.58 bits per heavy atom. The molecule has 0 aliphatic rings. The summed E-state index contributed by atoms with van der Waals surface area (Å²) in [6.07, 6.45) is 0. The molecule has 0 saturated carbocycles. The maximum Gasteiger partial charge on any atom is 0.233 e. The van der Waals surface area contributed by atoms with Crippen LogP contribution in [0.3, 0.4) is 0 Å². The summed E-state index contributed by atoms with van der Waals surface area (Å²) in [6, 6.07) is 4.87. The van der Waals surface area contributed by atoms with Gasteiger partial charge >= 0.3 is 0 Å². The van der Waals surface area contributed by atoms with E-state index < -0.39 is 10.8 Å². The molecule has 7 heteroatoms. The van der Waals surface area contributed by atoms with Crippen LogP contribution in [-0.2, 0) is 20.3 Å². The smallest absolute Gasteiger partial charge is 0.233 e. The number of hydrogen-bond acceptors (Lipinski definition) is 4. The van der Waals surface area contributed by atoms with Crippen LogP contribution in [0.2, 0.25) is 0 Å². The van der Waals surface area contributed by atoms with Gasteiger partial charge in [-0.2, -0.15) is 0 Å². The average Bonchev–Trinajstić information content (AvgIpc) is 2.28. The highest BCUT2D eigenvalue weighted by Gasteiger charge is 2.14. The number of benzene rings is 1. The number of anilines is 1. The molecule has 106 valence electrons. The molecule has 2 unspecified atom stereocenters. The quantitative estimate of drug-likeness (QED) is 0.759. The molecule has 1 amide bonds. The van der Waals surface area contributed by atoms with Gasteiger partial charge in [0.15, 0.2) is 0 Å². The largest absolute Gasteiger partial charge is 0.399 e. The van der Waals surface area contributed by atoms with Crippen molar-refractivity contribution in [3.63, 3.8) is 0 Å². The zero-order chi connectivity index (χ0) is 14.4. The molecule has 3 N–H and O–H groups in total. The van der Waals surface area contributed by atoms with E-state index in [1.165, 1.54) is 0 Å². The van der Waals surface area contributed by atoms with Gasteiger partial charge in [0.1, 0.15) is 5.75 Å². The van der Waals surface area contributed by atoms with E-state index in [9.17, 15) is 9.00 Å². The van der Waals surface area contributed by atoms with Gasteiger partial charge in [0.05, 0.1) is 22.3 Å². The van der Waals surface area contributed by atoms with Crippen LogP contribution in [0.25, 0.3) is 0 Å². The van der Waals surface area contributed by atoms with E-state index in [1.54, 1.807) is 25.3 Å². The number of nitrogens with two attached hydrogens (primary N) is 1. The van der Waals surface area contributed by atoms with Crippen molar-refractivity contribution in [2.45, 2.75) is 17.9 Å². The predicted octanol–water partition coefficient (Wildman–Crippen LogP) is 1.29. The SMILES string of the molecule is COCC(C)NC(=O)CS(=O)c1ccc(N)cc1Br. The Morgan fingerprint density at radius 3 is 2.84 bits per heavy atom. The number of amides is 1. The van der Waals surface area contributed by atoms with Gasteiger partial charge in [-0.25, -0.2) is 0 Å². The molecule has 2 atom stereocenters. The van der Waals surface area contributed by atoms with Crippen molar-refractivity contribution in [1.82, 2.24) is 5.32 Å². The monoisotopic (exact) mass is 348 g/mol. The first-order valence-corrected chi connectivity index (χ1v) is 7.77. The highest BCUT2D eigenvalue weighted by Crippen LogP contribution is 2.23. The van der Waals surface area contributed by atoms with Crippen LogP contribution in [-0.4, -0.2) is 35.6 Å². The van der Waals surface area contributed by atoms with Crippen molar-refractivity contribution >= 4 is 38.3 Å². The number of rotatable bonds is 6. The molecule has 0 heterocycles. The molecule has 0 aliphatic heterocycles. The lowest BCUT2D eigenvalue weighted by Crippen LogP contribution is -2.38. The molecule has 0 aliphatic carbocycles. The third kappa shape index (κ3) is 5.30. The van der Waals surface area contributed by atoms with E-state index in [-0.39, 0.29) is 17.7 Å². The number of nitrogen functional groups attached to an aromatic ring is 1. The maximum atomic E-state index is 12.1. The van der Waals surface area contributed by atoms with Crippen molar-refractivity contribution in [3.8, 4) is 0 Å². The van der Waals surface area contributed by atoms with Gasteiger partial charge in [-0.3, -0.25) is 9.00 Å². The third-order valence-corrected chi connectivity index (χ3v) is 4.58. The standard InChI is InChI=1S/C12H17BrN2O3S/c1-8(6-18-2)15-12(16)7-19(17)11-4-3-9(14)5-10(11)13/h3-5,8H,6-7,14H2,1-2H3,(H,15,16). The van der Waals surface area contributed by atoms with Crippen molar-refractivity contribution in [3.05, 3.63) is 22.7 Å². The normalized spacial score (nSPS) is 13.8. The molecular weight excluding hydrogens is 332 g/mol. The van der Waals surface area contributed by atoms with Gasteiger partial charge in [-0.1, -0.05) is 0 Å². The highest BCUT2D eigenvalue weighted by atomic mass is 79.9. The summed E-state index contributed by atoms with van der Waals surface area (Å²) >= 11 is 3.29. The molecule has 1 rings (SSSR count). The predicted molar refractivity (Wildman–Crippen MR) is 79.3 cm³/mol. The fraction of sp³-hybridized carbons (Fsp3) is 0.417. The molecule has 1 aromatic carbocycles. The summed E-state index contributed by atoms with van der Waals surface area (Å²) < 4.78 is 17.6. The maximum absolute atomic E-state index is 12.1. The van der Waals surface area contributed by atoms with E-state index in [0.717, 1.165) is 0 Å². The zero-order valence-electron chi connectivity index (χ0n) is 10.8. The molecule has 0 saturated heterocycles. The van der Waals surface area contributed by atoms with Gasteiger partial charge < -0.3 is 15.8 Å².